The highest BCUT2D eigenvalue weighted by Crippen LogP contribution is 2.25. The average Bonchev–Trinajstić information content (AvgIpc) is 2.26. The molecule has 0 atom stereocenters. The van der Waals surface area contributed by atoms with E-state index in [0.717, 1.165) is 21.1 Å². The average molecular weight is 258 g/mol. The van der Waals surface area contributed by atoms with Crippen molar-refractivity contribution in [2.24, 2.45) is 0 Å². The van der Waals surface area contributed by atoms with Crippen LogP contribution < -0.4 is 0 Å². The summed E-state index contributed by atoms with van der Waals surface area (Å²) >= 11 is 6.82. The first-order valence-electron chi connectivity index (χ1n) is 4.54. The minimum absolute atomic E-state index is 0.0493. The van der Waals surface area contributed by atoms with Gasteiger partial charge in [-0.1, -0.05) is 11.6 Å². The summed E-state index contributed by atoms with van der Waals surface area (Å²) in [5.41, 5.74) is 0. The van der Waals surface area contributed by atoms with Crippen LogP contribution >= 0.6 is 23.5 Å². The number of nitrogens with zero attached hydrogens (tertiary/aromatic N) is 1. The van der Waals surface area contributed by atoms with E-state index in [2.05, 4.69) is 0 Å². The monoisotopic (exact) mass is 257 g/mol. The molecule has 1 heterocycles. The van der Waals surface area contributed by atoms with Crippen LogP contribution in [0.3, 0.4) is 0 Å². The lowest BCUT2D eigenvalue weighted by atomic mass is 10.4. The van der Waals surface area contributed by atoms with Crippen molar-refractivity contribution in [2.45, 2.75) is 4.90 Å². The van der Waals surface area contributed by atoms with E-state index in [1.54, 1.807) is 24.3 Å². The molecule has 0 bridgehead atoms. The normalized spacial score (nSPS) is 16.7. The van der Waals surface area contributed by atoms with Gasteiger partial charge >= 0.3 is 0 Å². The predicted molar refractivity (Wildman–Crippen MR) is 60.0 cm³/mol. The first-order chi connectivity index (χ1) is 7.66. The Morgan fingerprint density at radius 3 is 2.25 bits per heavy atom. The second-order valence-corrected chi connectivity index (χ2v) is 4.58. The van der Waals surface area contributed by atoms with E-state index in [9.17, 15) is 9.59 Å². The predicted octanol–water partition coefficient (Wildman–Crippen LogP) is 1.73. The number of amides is 2. The van der Waals surface area contributed by atoms with Gasteiger partial charge in [0.25, 0.3) is 11.8 Å². The Morgan fingerprint density at radius 1 is 1.12 bits per heavy atom. The molecule has 1 aromatic carbocycles. The smallest absolute Gasteiger partial charge is 0.265 e. The molecule has 1 fully saturated rings. The van der Waals surface area contributed by atoms with Crippen molar-refractivity contribution >= 4 is 35.4 Å². The Morgan fingerprint density at radius 2 is 1.69 bits per heavy atom. The van der Waals surface area contributed by atoms with Crippen molar-refractivity contribution in [3.63, 3.8) is 0 Å². The standard InChI is InChI=1S/C10H8ClNO3S/c11-7-1-3-8(4-2-7)16-12-9(13)5-15-6-10(12)14/h1-4H,5-6H2. The van der Waals surface area contributed by atoms with Gasteiger partial charge in [-0.15, -0.1) is 0 Å². The SMILES string of the molecule is O=C1COCC(=O)N1Sc1ccc(Cl)cc1. The van der Waals surface area contributed by atoms with Gasteiger partial charge in [-0.2, -0.15) is 0 Å². The van der Waals surface area contributed by atoms with Gasteiger partial charge in [0, 0.05) is 9.92 Å². The van der Waals surface area contributed by atoms with Gasteiger partial charge in [0.1, 0.15) is 13.2 Å². The molecule has 1 saturated heterocycles. The van der Waals surface area contributed by atoms with Crippen LogP contribution in [0.5, 0.6) is 0 Å². The van der Waals surface area contributed by atoms with Crippen LogP contribution in [-0.4, -0.2) is 29.3 Å². The Balaban J connectivity index is 2.10. The highest BCUT2D eigenvalue weighted by molar-refractivity contribution is 7.98. The van der Waals surface area contributed by atoms with Crippen LogP contribution in [0.4, 0.5) is 0 Å². The molecule has 0 radical (unpaired) electrons. The maximum absolute atomic E-state index is 11.4. The number of benzene rings is 1. The van der Waals surface area contributed by atoms with E-state index in [1.807, 2.05) is 0 Å². The number of carbonyl (C=O) groups excluding carboxylic acids is 2. The van der Waals surface area contributed by atoms with Crippen LogP contribution in [0, 0.1) is 0 Å². The number of halogens is 1. The summed E-state index contributed by atoms with van der Waals surface area (Å²) in [5.74, 6) is -0.674. The molecule has 2 amide bonds. The van der Waals surface area contributed by atoms with E-state index >= 15 is 0 Å². The van der Waals surface area contributed by atoms with E-state index in [1.165, 1.54) is 0 Å². The first kappa shape index (κ1) is 11.4. The molecular formula is C10H8ClNO3S. The molecule has 4 nitrogen and oxygen atoms in total. The summed E-state index contributed by atoms with van der Waals surface area (Å²) in [5, 5.41) is 0.615. The van der Waals surface area contributed by atoms with Gasteiger partial charge in [0.2, 0.25) is 0 Å². The van der Waals surface area contributed by atoms with Crippen molar-refractivity contribution < 1.29 is 14.3 Å². The summed E-state index contributed by atoms with van der Waals surface area (Å²) in [6.07, 6.45) is 0. The topological polar surface area (TPSA) is 46.6 Å². The molecule has 1 aliphatic heterocycles. The second kappa shape index (κ2) is 4.86. The molecule has 0 aromatic heterocycles. The van der Waals surface area contributed by atoms with E-state index < -0.39 is 0 Å². The molecule has 16 heavy (non-hydrogen) atoms. The fourth-order valence-corrected chi connectivity index (χ4v) is 2.09. The van der Waals surface area contributed by atoms with Gasteiger partial charge in [-0.25, -0.2) is 4.31 Å². The highest BCUT2D eigenvalue weighted by Gasteiger charge is 2.27. The Hall–Kier alpha value is -1.04. The lowest BCUT2D eigenvalue weighted by Gasteiger charge is -2.23. The summed E-state index contributed by atoms with van der Waals surface area (Å²) in [4.78, 5) is 23.6. The molecule has 1 aromatic rings. The molecule has 2 rings (SSSR count). The zero-order valence-corrected chi connectivity index (χ0v) is 9.75. The van der Waals surface area contributed by atoms with Crippen molar-refractivity contribution in [1.29, 1.82) is 0 Å². The summed E-state index contributed by atoms with van der Waals surface area (Å²) in [7, 11) is 0. The molecule has 84 valence electrons. The Bertz CT molecular complexity index is 405. The zero-order valence-electron chi connectivity index (χ0n) is 8.18. The Labute approximate surface area is 102 Å². The van der Waals surface area contributed by atoms with Crippen molar-refractivity contribution in [2.75, 3.05) is 13.2 Å². The molecule has 0 N–H and O–H groups in total. The molecule has 0 unspecified atom stereocenters. The van der Waals surface area contributed by atoms with E-state index in [-0.39, 0.29) is 25.0 Å². The number of morpholine rings is 1. The van der Waals surface area contributed by atoms with Crippen LogP contribution in [-0.2, 0) is 14.3 Å². The van der Waals surface area contributed by atoms with Crippen LogP contribution in [0.15, 0.2) is 29.2 Å². The van der Waals surface area contributed by atoms with E-state index in [0.29, 0.717) is 5.02 Å². The van der Waals surface area contributed by atoms with Crippen LogP contribution in [0.1, 0.15) is 0 Å². The fourth-order valence-electron chi connectivity index (χ4n) is 1.18. The van der Waals surface area contributed by atoms with Crippen LogP contribution in [0.25, 0.3) is 0 Å². The van der Waals surface area contributed by atoms with Gasteiger partial charge in [0.05, 0.1) is 0 Å². The zero-order chi connectivity index (χ0) is 11.5. The van der Waals surface area contributed by atoms with Crippen LogP contribution in [0.2, 0.25) is 5.02 Å². The maximum atomic E-state index is 11.4. The summed E-state index contributed by atoms with van der Waals surface area (Å²) < 4.78 is 5.92. The van der Waals surface area contributed by atoms with Gasteiger partial charge in [-0.3, -0.25) is 9.59 Å². The first-order valence-corrected chi connectivity index (χ1v) is 5.69. The van der Waals surface area contributed by atoms with Crippen molar-refractivity contribution in [3.8, 4) is 0 Å². The summed E-state index contributed by atoms with van der Waals surface area (Å²) in [6, 6.07) is 6.92. The van der Waals surface area contributed by atoms with Crippen molar-refractivity contribution in [3.05, 3.63) is 29.3 Å². The van der Waals surface area contributed by atoms with Crippen molar-refractivity contribution in [1.82, 2.24) is 4.31 Å². The minimum Gasteiger partial charge on any atom is -0.362 e. The van der Waals surface area contributed by atoms with E-state index in [4.69, 9.17) is 16.3 Å². The number of rotatable bonds is 2. The largest absolute Gasteiger partial charge is 0.362 e. The highest BCUT2D eigenvalue weighted by atomic mass is 35.5. The lowest BCUT2D eigenvalue weighted by molar-refractivity contribution is -0.150. The third-order valence-corrected chi connectivity index (χ3v) is 3.24. The second-order valence-electron chi connectivity index (χ2n) is 3.12. The number of ether oxygens (including phenoxy) is 1. The third-order valence-electron chi connectivity index (χ3n) is 1.91. The molecule has 1 aliphatic rings. The third kappa shape index (κ3) is 2.55. The van der Waals surface area contributed by atoms with Gasteiger partial charge in [0.15, 0.2) is 0 Å². The molecule has 0 saturated carbocycles. The fraction of sp³-hybridized carbons (Fsp3) is 0.200. The quantitative estimate of drug-likeness (QED) is 0.598. The molecule has 6 heteroatoms. The lowest BCUT2D eigenvalue weighted by Crippen LogP contribution is -2.41. The number of imide groups is 1. The molecular weight excluding hydrogens is 250 g/mol. The molecule has 0 aliphatic carbocycles. The molecule has 0 spiro atoms. The van der Waals surface area contributed by atoms with Gasteiger partial charge in [-0.05, 0) is 36.2 Å². The summed E-state index contributed by atoms with van der Waals surface area (Å²) in [6.45, 7) is -0.0986. The number of carbonyl (C=O) groups is 2. The van der Waals surface area contributed by atoms with Gasteiger partial charge < -0.3 is 4.74 Å². The number of hydrogen-bond acceptors (Lipinski definition) is 4. The maximum Gasteiger partial charge on any atom is 0.265 e. The Kier molecular flexibility index (Phi) is 3.48. The minimum atomic E-state index is -0.337. The number of hydrogen-bond donors (Lipinski definition) is 0.